The molecule has 2 aromatic carbocycles. The topological polar surface area (TPSA) is 82.1 Å². The first-order chi connectivity index (χ1) is 18.7. The highest BCUT2D eigenvalue weighted by molar-refractivity contribution is 5.77. The molecule has 3 heterocycles. The molecular weight excluding hydrogens is 505 g/mol. The van der Waals surface area contributed by atoms with E-state index in [9.17, 15) is 13.2 Å². The van der Waals surface area contributed by atoms with Crippen molar-refractivity contribution >= 4 is 0 Å². The van der Waals surface area contributed by atoms with Crippen LogP contribution in [0.25, 0.3) is 22.6 Å². The van der Waals surface area contributed by atoms with Crippen molar-refractivity contribution in [3.8, 4) is 34.4 Å². The number of nitrogens with two attached hydrogens (primary N) is 1. The highest BCUT2D eigenvalue weighted by Crippen LogP contribution is 2.37. The lowest BCUT2D eigenvalue weighted by atomic mass is 10.0. The zero-order valence-electron chi connectivity index (χ0n) is 21.9. The zero-order chi connectivity index (χ0) is 27.6. The minimum atomic E-state index is -4.41. The zero-order valence-corrected chi connectivity index (χ0v) is 21.9. The molecule has 10 heteroatoms. The molecule has 1 aliphatic rings. The third-order valence-electron chi connectivity index (χ3n) is 6.96. The highest BCUT2D eigenvalue weighted by atomic mass is 19.4. The van der Waals surface area contributed by atoms with Gasteiger partial charge in [-0.1, -0.05) is 18.2 Å². The van der Waals surface area contributed by atoms with Crippen LogP contribution in [0.1, 0.15) is 35.6 Å². The predicted molar refractivity (Wildman–Crippen MR) is 143 cm³/mol. The molecule has 1 saturated heterocycles. The number of benzene rings is 2. The number of ether oxygens (including phenoxy) is 1. The van der Waals surface area contributed by atoms with Crippen LogP contribution >= 0.6 is 0 Å². The van der Waals surface area contributed by atoms with E-state index in [1.54, 1.807) is 18.6 Å². The fourth-order valence-electron chi connectivity index (χ4n) is 5.14. The first-order valence-corrected chi connectivity index (χ1v) is 13.0. The molecule has 0 amide bonds. The van der Waals surface area contributed by atoms with E-state index in [0.29, 0.717) is 29.2 Å². The minimum Gasteiger partial charge on any atom is -0.424 e. The molecule has 0 atom stereocenters. The van der Waals surface area contributed by atoms with Crippen molar-refractivity contribution < 1.29 is 17.9 Å². The standard InChI is InChI=1S/C29H31F3N6O/c1-19-15-20(2)17-24(16-19)39-28-34-11-7-25(36-28)27-26(21-3-5-22(6-4-21)29(30,31)32)35-18-38(27)23-8-12-37(13-9-23)14-10-33/h3-7,11,15-18,23H,8-10,12-14,33H2,1-2H3. The van der Waals surface area contributed by atoms with Crippen LogP contribution in [0, 0.1) is 13.8 Å². The summed E-state index contributed by atoms with van der Waals surface area (Å²) < 4.78 is 47.7. The molecule has 0 radical (unpaired) electrons. The van der Waals surface area contributed by atoms with Crippen LogP contribution in [-0.2, 0) is 6.18 Å². The smallest absolute Gasteiger partial charge is 0.416 e. The van der Waals surface area contributed by atoms with Gasteiger partial charge in [0.2, 0.25) is 0 Å². The average molecular weight is 537 g/mol. The molecule has 0 bridgehead atoms. The Morgan fingerprint density at radius 3 is 2.31 bits per heavy atom. The van der Waals surface area contributed by atoms with Gasteiger partial charge in [0.1, 0.15) is 5.75 Å². The number of alkyl halides is 3. The van der Waals surface area contributed by atoms with Crippen molar-refractivity contribution in [2.45, 2.75) is 38.9 Å². The van der Waals surface area contributed by atoms with Gasteiger partial charge in [0, 0.05) is 44.0 Å². The van der Waals surface area contributed by atoms with Crippen molar-refractivity contribution in [1.29, 1.82) is 0 Å². The number of halogens is 3. The second-order valence-electron chi connectivity index (χ2n) is 9.94. The molecule has 2 aromatic heterocycles. The van der Waals surface area contributed by atoms with Crippen LogP contribution in [0.3, 0.4) is 0 Å². The lowest BCUT2D eigenvalue weighted by Crippen LogP contribution is -2.37. The van der Waals surface area contributed by atoms with Gasteiger partial charge >= 0.3 is 12.2 Å². The number of hydrogen-bond donors (Lipinski definition) is 1. The Balaban J connectivity index is 1.53. The fourth-order valence-corrected chi connectivity index (χ4v) is 5.14. The number of piperidine rings is 1. The Bertz CT molecular complexity index is 1410. The van der Waals surface area contributed by atoms with Crippen molar-refractivity contribution in [1.82, 2.24) is 24.4 Å². The summed E-state index contributed by atoms with van der Waals surface area (Å²) in [7, 11) is 0. The van der Waals surface area contributed by atoms with Gasteiger partial charge in [0.25, 0.3) is 0 Å². The maximum Gasteiger partial charge on any atom is 0.416 e. The number of nitrogens with zero attached hydrogens (tertiary/aromatic N) is 5. The molecule has 7 nitrogen and oxygen atoms in total. The third-order valence-corrected chi connectivity index (χ3v) is 6.96. The van der Waals surface area contributed by atoms with Crippen molar-refractivity contribution in [3.05, 3.63) is 77.7 Å². The van der Waals surface area contributed by atoms with Crippen LogP contribution < -0.4 is 10.5 Å². The number of hydrogen-bond acceptors (Lipinski definition) is 6. The van der Waals surface area contributed by atoms with Crippen molar-refractivity contribution in [2.24, 2.45) is 5.73 Å². The maximum absolute atomic E-state index is 13.2. The Hall–Kier alpha value is -3.76. The number of aryl methyl sites for hydroxylation is 2. The van der Waals surface area contributed by atoms with E-state index < -0.39 is 11.7 Å². The summed E-state index contributed by atoms with van der Waals surface area (Å²) in [4.78, 5) is 16.0. The van der Waals surface area contributed by atoms with Gasteiger partial charge in [-0.05, 0) is 68.1 Å². The van der Waals surface area contributed by atoms with E-state index >= 15 is 0 Å². The van der Waals surface area contributed by atoms with Crippen LogP contribution in [0.15, 0.2) is 61.1 Å². The normalized spacial score (nSPS) is 15.0. The molecule has 39 heavy (non-hydrogen) atoms. The van der Waals surface area contributed by atoms with Crippen LogP contribution in [0.5, 0.6) is 11.8 Å². The van der Waals surface area contributed by atoms with E-state index in [1.807, 2.05) is 26.0 Å². The summed E-state index contributed by atoms with van der Waals surface area (Å²) in [5, 5.41) is 0. The molecule has 0 spiro atoms. The monoisotopic (exact) mass is 536 g/mol. The van der Waals surface area contributed by atoms with Gasteiger partial charge in [-0.3, -0.25) is 0 Å². The Kier molecular flexibility index (Phi) is 7.67. The SMILES string of the molecule is Cc1cc(C)cc(Oc2nccc(-c3c(-c4ccc(C(F)(F)F)cc4)ncn3C3CCN(CCN)CC3)n2)c1. The van der Waals surface area contributed by atoms with E-state index in [2.05, 4.69) is 25.5 Å². The van der Waals surface area contributed by atoms with Crippen LogP contribution in [-0.4, -0.2) is 50.6 Å². The first kappa shape index (κ1) is 26.8. The van der Waals surface area contributed by atoms with Crippen molar-refractivity contribution in [3.63, 3.8) is 0 Å². The summed E-state index contributed by atoms with van der Waals surface area (Å²) in [6.45, 7) is 7.25. The number of likely N-dealkylation sites (tertiary alicyclic amines) is 1. The minimum absolute atomic E-state index is 0.156. The summed E-state index contributed by atoms with van der Waals surface area (Å²) in [5.74, 6) is 0.633. The van der Waals surface area contributed by atoms with Gasteiger partial charge in [-0.2, -0.15) is 18.2 Å². The van der Waals surface area contributed by atoms with Gasteiger partial charge in [-0.25, -0.2) is 9.97 Å². The van der Waals surface area contributed by atoms with Crippen LogP contribution in [0.4, 0.5) is 13.2 Å². The number of rotatable bonds is 7. The quantitative estimate of drug-likeness (QED) is 0.311. The van der Waals surface area contributed by atoms with E-state index in [0.717, 1.165) is 61.4 Å². The largest absolute Gasteiger partial charge is 0.424 e. The molecule has 4 aromatic rings. The van der Waals surface area contributed by atoms with E-state index in [1.165, 1.54) is 12.1 Å². The van der Waals surface area contributed by atoms with Gasteiger partial charge in [0.05, 0.1) is 29.0 Å². The summed E-state index contributed by atoms with van der Waals surface area (Å²) in [6, 6.07) is 13.1. The number of aromatic nitrogens is 4. The highest BCUT2D eigenvalue weighted by Gasteiger charge is 2.31. The number of imidazole rings is 1. The molecular formula is C29H31F3N6O. The van der Waals surface area contributed by atoms with Gasteiger partial charge < -0.3 is 19.9 Å². The molecule has 5 rings (SSSR count). The van der Waals surface area contributed by atoms with Gasteiger partial charge in [0.15, 0.2) is 0 Å². The maximum atomic E-state index is 13.2. The summed E-state index contributed by atoms with van der Waals surface area (Å²) in [6.07, 6.45) is 0.765. The molecule has 2 N–H and O–H groups in total. The molecule has 0 aliphatic carbocycles. The third kappa shape index (κ3) is 6.12. The predicted octanol–water partition coefficient (Wildman–Crippen LogP) is 6.03. The lowest BCUT2D eigenvalue weighted by molar-refractivity contribution is -0.137. The van der Waals surface area contributed by atoms with E-state index in [4.69, 9.17) is 15.5 Å². The van der Waals surface area contributed by atoms with Gasteiger partial charge in [-0.15, -0.1) is 0 Å². The fraction of sp³-hybridized carbons (Fsp3) is 0.345. The van der Waals surface area contributed by atoms with Crippen LogP contribution in [0.2, 0.25) is 0 Å². The molecule has 1 aliphatic heterocycles. The molecule has 204 valence electrons. The second-order valence-corrected chi connectivity index (χ2v) is 9.94. The lowest BCUT2D eigenvalue weighted by Gasteiger charge is -2.33. The Morgan fingerprint density at radius 1 is 0.974 bits per heavy atom. The molecule has 0 unspecified atom stereocenters. The van der Waals surface area contributed by atoms with E-state index in [-0.39, 0.29) is 12.1 Å². The Labute approximate surface area is 225 Å². The Morgan fingerprint density at radius 2 is 1.67 bits per heavy atom. The average Bonchev–Trinajstić information content (AvgIpc) is 3.34. The molecule has 0 saturated carbocycles. The molecule has 1 fully saturated rings. The summed E-state index contributed by atoms with van der Waals surface area (Å²) in [5.41, 5.74) is 9.60. The second kappa shape index (κ2) is 11.2. The summed E-state index contributed by atoms with van der Waals surface area (Å²) >= 11 is 0. The first-order valence-electron chi connectivity index (χ1n) is 13.0. The van der Waals surface area contributed by atoms with Crippen molar-refractivity contribution in [2.75, 3.05) is 26.2 Å².